The first-order valence-electron chi connectivity index (χ1n) is 7.54. The zero-order valence-corrected chi connectivity index (χ0v) is 11.6. The van der Waals surface area contributed by atoms with E-state index in [9.17, 15) is 0 Å². The van der Waals surface area contributed by atoms with Crippen LogP contribution < -0.4 is 5.32 Å². The van der Waals surface area contributed by atoms with Gasteiger partial charge in [-0.15, -0.1) is 0 Å². The third kappa shape index (κ3) is 4.08. The lowest BCUT2D eigenvalue weighted by Gasteiger charge is -2.32. The third-order valence-electron chi connectivity index (χ3n) is 4.53. The second kappa shape index (κ2) is 8.11. The van der Waals surface area contributed by atoms with Gasteiger partial charge in [0.25, 0.3) is 0 Å². The SMILES string of the molecule is CCNCC1CCCCCC1C(CC)CC. The summed E-state index contributed by atoms with van der Waals surface area (Å²) in [6, 6.07) is 0. The minimum Gasteiger partial charge on any atom is -0.317 e. The van der Waals surface area contributed by atoms with Crippen molar-refractivity contribution in [1.29, 1.82) is 0 Å². The predicted molar refractivity (Wildman–Crippen MR) is 72.7 cm³/mol. The van der Waals surface area contributed by atoms with Crippen LogP contribution in [-0.4, -0.2) is 13.1 Å². The van der Waals surface area contributed by atoms with Crippen LogP contribution in [0.4, 0.5) is 0 Å². The highest BCUT2D eigenvalue weighted by atomic mass is 14.8. The van der Waals surface area contributed by atoms with E-state index < -0.39 is 0 Å². The van der Waals surface area contributed by atoms with Crippen molar-refractivity contribution in [2.24, 2.45) is 17.8 Å². The standard InChI is InChI=1S/C15H31N/c1-4-13(5-2)15-11-9-7-8-10-14(15)12-16-6-3/h13-16H,4-12H2,1-3H3. The second-order valence-electron chi connectivity index (χ2n) is 5.45. The minimum absolute atomic E-state index is 0.951. The maximum Gasteiger partial charge on any atom is -0.00179 e. The topological polar surface area (TPSA) is 12.0 Å². The highest BCUT2D eigenvalue weighted by molar-refractivity contribution is 4.80. The molecule has 2 atom stereocenters. The molecule has 1 heteroatoms. The predicted octanol–water partition coefficient (Wildman–Crippen LogP) is 4.23. The number of nitrogens with one attached hydrogen (secondary N) is 1. The lowest BCUT2D eigenvalue weighted by Crippen LogP contribution is -2.31. The van der Waals surface area contributed by atoms with Crippen LogP contribution in [0.2, 0.25) is 0 Å². The van der Waals surface area contributed by atoms with E-state index in [0.717, 1.165) is 24.3 Å². The normalized spacial score (nSPS) is 27.0. The first-order chi connectivity index (χ1) is 7.83. The molecule has 1 nitrogen and oxygen atoms in total. The summed E-state index contributed by atoms with van der Waals surface area (Å²) < 4.78 is 0. The van der Waals surface area contributed by atoms with Gasteiger partial charge in [-0.3, -0.25) is 0 Å². The Morgan fingerprint density at radius 2 is 1.69 bits per heavy atom. The summed E-state index contributed by atoms with van der Waals surface area (Å²) in [6.07, 6.45) is 10.1. The summed E-state index contributed by atoms with van der Waals surface area (Å²) in [7, 11) is 0. The molecule has 1 aliphatic rings. The van der Waals surface area contributed by atoms with Crippen molar-refractivity contribution in [2.75, 3.05) is 13.1 Å². The van der Waals surface area contributed by atoms with Gasteiger partial charge in [-0.05, 0) is 43.7 Å². The molecule has 0 aromatic heterocycles. The Kier molecular flexibility index (Phi) is 7.11. The van der Waals surface area contributed by atoms with Gasteiger partial charge in [0.15, 0.2) is 0 Å². The van der Waals surface area contributed by atoms with Gasteiger partial charge in [0.1, 0.15) is 0 Å². The smallest absolute Gasteiger partial charge is 0.00179 e. The van der Waals surface area contributed by atoms with Crippen molar-refractivity contribution in [3.05, 3.63) is 0 Å². The van der Waals surface area contributed by atoms with Gasteiger partial charge in [-0.25, -0.2) is 0 Å². The molecule has 1 fully saturated rings. The molecule has 0 spiro atoms. The first-order valence-corrected chi connectivity index (χ1v) is 7.54. The largest absolute Gasteiger partial charge is 0.317 e. The summed E-state index contributed by atoms with van der Waals surface area (Å²) >= 11 is 0. The van der Waals surface area contributed by atoms with Gasteiger partial charge >= 0.3 is 0 Å². The summed E-state index contributed by atoms with van der Waals surface area (Å²) in [4.78, 5) is 0. The van der Waals surface area contributed by atoms with Crippen molar-refractivity contribution in [3.8, 4) is 0 Å². The average Bonchev–Trinajstić information content (AvgIpc) is 2.54. The highest BCUT2D eigenvalue weighted by Crippen LogP contribution is 2.36. The zero-order chi connectivity index (χ0) is 11.8. The van der Waals surface area contributed by atoms with Crippen LogP contribution in [0.15, 0.2) is 0 Å². The van der Waals surface area contributed by atoms with E-state index in [4.69, 9.17) is 0 Å². The summed E-state index contributed by atoms with van der Waals surface area (Å²) in [6.45, 7) is 9.37. The molecule has 0 radical (unpaired) electrons. The maximum absolute atomic E-state index is 3.58. The van der Waals surface area contributed by atoms with Gasteiger partial charge in [0.05, 0.1) is 0 Å². The van der Waals surface area contributed by atoms with E-state index in [1.165, 1.54) is 51.5 Å². The second-order valence-corrected chi connectivity index (χ2v) is 5.45. The Hall–Kier alpha value is -0.0400. The number of hydrogen-bond acceptors (Lipinski definition) is 1. The monoisotopic (exact) mass is 225 g/mol. The zero-order valence-electron chi connectivity index (χ0n) is 11.6. The van der Waals surface area contributed by atoms with E-state index in [1.807, 2.05) is 0 Å². The van der Waals surface area contributed by atoms with Gasteiger partial charge in [0.2, 0.25) is 0 Å². The highest BCUT2D eigenvalue weighted by Gasteiger charge is 2.28. The fourth-order valence-electron chi connectivity index (χ4n) is 3.51. The Morgan fingerprint density at radius 3 is 2.31 bits per heavy atom. The van der Waals surface area contributed by atoms with Crippen LogP contribution in [0.5, 0.6) is 0 Å². The Labute approximate surface area is 102 Å². The summed E-state index contributed by atoms with van der Waals surface area (Å²) in [5, 5.41) is 3.58. The molecule has 0 amide bonds. The Bertz CT molecular complexity index is 163. The fourth-order valence-corrected chi connectivity index (χ4v) is 3.51. The van der Waals surface area contributed by atoms with Gasteiger partial charge in [-0.1, -0.05) is 52.9 Å². The van der Waals surface area contributed by atoms with Crippen molar-refractivity contribution in [1.82, 2.24) is 5.32 Å². The molecular weight excluding hydrogens is 194 g/mol. The molecule has 1 saturated carbocycles. The molecule has 96 valence electrons. The van der Waals surface area contributed by atoms with Crippen molar-refractivity contribution < 1.29 is 0 Å². The van der Waals surface area contributed by atoms with Crippen LogP contribution in [-0.2, 0) is 0 Å². The molecule has 0 aromatic carbocycles. The maximum atomic E-state index is 3.58. The van der Waals surface area contributed by atoms with Crippen molar-refractivity contribution in [2.45, 2.75) is 65.7 Å². The molecule has 1 N–H and O–H groups in total. The molecule has 0 aliphatic heterocycles. The van der Waals surface area contributed by atoms with Crippen LogP contribution in [0, 0.1) is 17.8 Å². The summed E-state index contributed by atoms with van der Waals surface area (Å²) in [5.74, 6) is 2.92. The molecule has 1 rings (SSSR count). The molecule has 0 saturated heterocycles. The first kappa shape index (κ1) is 14.0. The van der Waals surface area contributed by atoms with E-state index in [-0.39, 0.29) is 0 Å². The number of rotatable bonds is 6. The van der Waals surface area contributed by atoms with E-state index in [2.05, 4.69) is 26.1 Å². The third-order valence-corrected chi connectivity index (χ3v) is 4.53. The van der Waals surface area contributed by atoms with Gasteiger partial charge in [-0.2, -0.15) is 0 Å². The van der Waals surface area contributed by atoms with Gasteiger partial charge in [0, 0.05) is 0 Å². The van der Waals surface area contributed by atoms with Crippen LogP contribution >= 0.6 is 0 Å². The molecule has 0 aromatic rings. The van der Waals surface area contributed by atoms with Crippen molar-refractivity contribution in [3.63, 3.8) is 0 Å². The van der Waals surface area contributed by atoms with Crippen LogP contribution in [0.3, 0.4) is 0 Å². The Morgan fingerprint density at radius 1 is 1.00 bits per heavy atom. The van der Waals surface area contributed by atoms with E-state index >= 15 is 0 Å². The molecule has 0 heterocycles. The van der Waals surface area contributed by atoms with E-state index in [0.29, 0.717) is 0 Å². The van der Waals surface area contributed by atoms with E-state index in [1.54, 1.807) is 0 Å². The van der Waals surface area contributed by atoms with Crippen LogP contribution in [0.25, 0.3) is 0 Å². The molecule has 1 aliphatic carbocycles. The summed E-state index contributed by atoms with van der Waals surface area (Å²) in [5.41, 5.74) is 0. The van der Waals surface area contributed by atoms with Gasteiger partial charge < -0.3 is 5.32 Å². The van der Waals surface area contributed by atoms with Crippen molar-refractivity contribution >= 4 is 0 Å². The average molecular weight is 225 g/mol. The molecule has 0 bridgehead atoms. The minimum atomic E-state index is 0.951. The fraction of sp³-hybridized carbons (Fsp3) is 1.00. The lowest BCUT2D eigenvalue weighted by molar-refractivity contribution is 0.196. The lowest BCUT2D eigenvalue weighted by atomic mass is 9.76. The molecular formula is C15H31N. The Balaban J connectivity index is 2.56. The number of hydrogen-bond donors (Lipinski definition) is 1. The molecule has 16 heavy (non-hydrogen) atoms. The molecule has 2 unspecified atom stereocenters. The van der Waals surface area contributed by atoms with Crippen LogP contribution in [0.1, 0.15) is 65.7 Å². The quantitative estimate of drug-likeness (QED) is 0.667.